The Labute approximate surface area is 111 Å². The lowest BCUT2D eigenvalue weighted by Crippen LogP contribution is -2.08. The van der Waals surface area contributed by atoms with E-state index in [9.17, 15) is 5.11 Å². The molecule has 2 rings (SSSR count). The molecule has 2 aromatic heterocycles. The molecule has 6 nitrogen and oxygen atoms in total. The molecule has 0 amide bonds. The van der Waals surface area contributed by atoms with Crippen LogP contribution in [0, 0.1) is 0 Å². The van der Waals surface area contributed by atoms with E-state index in [1.807, 2.05) is 12.1 Å². The molecule has 6 heteroatoms. The van der Waals surface area contributed by atoms with E-state index in [1.165, 1.54) is 20.4 Å². The first-order valence-electron chi connectivity index (χ1n) is 5.76. The minimum Gasteiger partial charge on any atom is -0.480 e. The van der Waals surface area contributed by atoms with Crippen molar-refractivity contribution in [2.45, 2.75) is 12.5 Å². The van der Waals surface area contributed by atoms with Crippen molar-refractivity contribution in [1.29, 1.82) is 0 Å². The van der Waals surface area contributed by atoms with Gasteiger partial charge >= 0.3 is 0 Å². The Morgan fingerprint density at radius 1 is 1.21 bits per heavy atom. The molecular formula is C13H15N3O3. The van der Waals surface area contributed by atoms with Gasteiger partial charge in [0.1, 0.15) is 11.8 Å². The number of aliphatic hydroxyl groups excluding tert-OH is 1. The van der Waals surface area contributed by atoms with Gasteiger partial charge < -0.3 is 14.6 Å². The van der Waals surface area contributed by atoms with E-state index in [4.69, 9.17) is 9.47 Å². The first-order valence-corrected chi connectivity index (χ1v) is 5.76. The van der Waals surface area contributed by atoms with Gasteiger partial charge in [-0.1, -0.05) is 0 Å². The standard InChI is InChI=1S/C13H15N3O3/c1-18-11-8-15-12(13(16-11)19-2)10(17)7-9-3-5-14-6-4-9/h3-6,8,10,17H,7H2,1-2H3. The second kappa shape index (κ2) is 6.10. The van der Waals surface area contributed by atoms with Crippen LogP contribution in [0.25, 0.3) is 0 Å². The number of nitrogens with zero attached hydrogens (tertiary/aromatic N) is 3. The molecule has 0 aliphatic rings. The van der Waals surface area contributed by atoms with Crippen molar-refractivity contribution in [3.8, 4) is 11.8 Å². The van der Waals surface area contributed by atoms with Crippen molar-refractivity contribution in [1.82, 2.24) is 15.0 Å². The first kappa shape index (κ1) is 13.2. The van der Waals surface area contributed by atoms with E-state index in [2.05, 4.69) is 15.0 Å². The summed E-state index contributed by atoms with van der Waals surface area (Å²) in [5, 5.41) is 10.2. The molecule has 0 saturated heterocycles. The van der Waals surface area contributed by atoms with Gasteiger partial charge in [-0.3, -0.25) is 4.98 Å². The third-order valence-electron chi connectivity index (χ3n) is 2.64. The SMILES string of the molecule is COc1cnc(C(O)Cc2ccncc2)c(OC)n1. The highest BCUT2D eigenvalue weighted by atomic mass is 16.5. The average molecular weight is 261 g/mol. The second-order valence-corrected chi connectivity index (χ2v) is 3.88. The van der Waals surface area contributed by atoms with Crippen molar-refractivity contribution in [2.24, 2.45) is 0 Å². The van der Waals surface area contributed by atoms with Gasteiger partial charge in [-0.15, -0.1) is 0 Å². The Morgan fingerprint density at radius 2 is 1.95 bits per heavy atom. The molecule has 0 saturated carbocycles. The maximum absolute atomic E-state index is 10.2. The number of methoxy groups -OCH3 is 2. The predicted octanol–water partition coefficient (Wildman–Crippen LogP) is 1.16. The molecule has 1 unspecified atom stereocenters. The summed E-state index contributed by atoms with van der Waals surface area (Å²) in [5.41, 5.74) is 1.35. The highest BCUT2D eigenvalue weighted by molar-refractivity contribution is 5.26. The van der Waals surface area contributed by atoms with Gasteiger partial charge in [-0.2, -0.15) is 4.98 Å². The first-order chi connectivity index (χ1) is 9.24. The third kappa shape index (κ3) is 3.17. The van der Waals surface area contributed by atoms with E-state index in [-0.39, 0.29) is 5.88 Å². The van der Waals surface area contributed by atoms with Crippen molar-refractivity contribution >= 4 is 0 Å². The molecule has 19 heavy (non-hydrogen) atoms. The number of aliphatic hydroxyl groups is 1. The lowest BCUT2D eigenvalue weighted by atomic mass is 10.1. The predicted molar refractivity (Wildman–Crippen MR) is 68.0 cm³/mol. The summed E-state index contributed by atoms with van der Waals surface area (Å²) >= 11 is 0. The largest absolute Gasteiger partial charge is 0.480 e. The maximum atomic E-state index is 10.2. The van der Waals surface area contributed by atoms with Crippen LogP contribution in [0.15, 0.2) is 30.7 Å². The van der Waals surface area contributed by atoms with Crippen molar-refractivity contribution in [3.63, 3.8) is 0 Å². The summed E-state index contributed by atoms with van der Waals surface area (Å²) < 4.78 is 10.1. The highest BCUT2D eigenvalue weighted by Crippen LogP contribution is 2.25. The summed E-state index contributed by atoms with van der Waals surface area (Å²) in [6, 6.07) is 3.68. The minimum absolute atomic E-state index is 0.265. The Bertz CT molecular complexity index is 534. The second-order valence-electron chi connectivity index (χ2n) is 3.88. The van der Waals surface area contributed by atoms with Crippen LogP contribution in [0.1, 0.15) is 17.4 Å². The van der Waals surface area contributed by atoms with Crippen LogP contribution in [-0.4, -0.2) is 34.3 Å². The van der Waals surface area contributed by atoms with Gasteiger partial charge in [0, 0.05) is 18.8 Å². The Morgan fingerprint density at radius 3 is 2.58 bits per heavy atom. The van der Waals surface area contributed by atoms with Crippen LogP contribution in [0.2, 0.25) is 0 Å². The van der Waals surface area contributed by atoms with Crippen molar-refractivity contribution < 1.29 is 14.6 Å². The monoisotopic (exact) mass is 261 g/mol. The molecule has 1 N–H and O–H groups in total. The molecule has 2 heterocycles. The smallest absolute Gasteiger partial charge is 0.241 e. The van der Waals surface area contributed by atoms with Gasteiger partial charge in [0.15, 0.2) is 0 Å². The number of hydrogen-bond donors (Lipinski definition) is 1. The van der Waals surface area contributed by atoms with Gasteiger partial charge in [0.05, 0.1) is 20.4 Å². The van der Waals surface area contributed by atoms with Crippen molar-refractivity contribution in [2.75, 3.05) is 14.2 Å². The van der Waals surface area contributed by atoms with Crippen LogP contribution in [0.5, 0.6) is 11.8 Å². The summed E-state index contributed by atoms with van der Waals surface area (Å²) in [6.45, 7) is 0. The minimum atomic E-state index is -0.796. The molecule has 0 fully saturated rings. The summed E-state index contributed by atoms with van der Waals surface area (Å²) in [5.74, 6) is 0.609. The van der Waals surface area contributed by atoms with E-state index in [0.717, 1.165) is 5.56 Å². The zero-order valence-electron chi connectivity index (χ0n) is 10.8. The van der Waals surface area contributed by atoms with Gasteiger partial charge in [-0.25, -0.2) is 4.98 Å². The molecule has 0 aromatic carbocycles. The molecule has 100 valence electrons. The Hall–Kier alpha value is -2.21. The number of pyridine rings is 1. The van der Waals surface area contributed by atoms with Crippen LogP contribution in [-0.2, 0) is 6.42 Å². The average Bonchev–Trinajstić information content (AvgIpc) is 2.47. The lowest BCUT2D eigenvalue weighted by molar-refractivity contribution is 0.167. The quantitative estimate of drug-likeness (QED) is 0.870. The Kier molecular flexibility index (Phi) is 4.25. The van der Waals surface area contributed by atoms with E-state index < -0.39 is 6.10 Å². The fourth-order valence-electron chi connectivity index (χ4n) is 1.68. The van der Waals surface area contributed by atoms with E-state index >= 15 is 0 Å². The fourth-order valence-corrected chi connectivity index (χ4v) is 1.68. The number of ether oxygens (including phenoxy) is 2. The highest BCUT2D eigenvalue weighted by Gasteiger charge is 2.17. The van der Waals surface area contributed by atoms with Gasteiger partial charge in [-0.05, 0) is 17.7 Å². The lowest BCUT2D eigenvalue weighted by Gasteiger charge is -2.13. The molecule has 0 radical (unpaired) electrons. The fraction of sp³-hybridized carbons (Fsp3) is 0.308. The normalized spacial score (nSPS) is 11.9. The summed E-state index contributed by atoms with van der Waals surface area (Å²) in [4.78, 5) is 12.2. The number of aromatic nitrogens is 3. The molecule has 2 aromatic rings. The van der Waals surface area contributed by atoms with Gasteiger partial charge in [0.25, 0.3) is 0 Å². The maximum Gasteiger partial charge on any atom is 0.241 e. The van der Waals surface area contributed by atoms with Crippen LogP contribution in [0.3, 0.4) is 0 Å². The Balaban J connectivity index is 2.21. The molecule has 1 atom stereocenters. The van der Waals surface area contributed by atoms with Crippen LogP contribution in [0.4, 0.5) is 0 Å². The molecule has 0 aliphatic carbocycles. The number of rotatable bonds is 5. The van der Waals surface area contributed by atoms with Crippen LogP contribution >= 0.6 is 0 Å². The molecular weight excluding hydrogens is 246 g/mol. The topological polar surface area (TPSA) is 77.4 Å². The van der Waals surface area contributed by atoms with Crippen LogP contribution < -0.4 is 9.47 Å². The van der Waals surface area contributed by atoms with E-state index in [0.29, 0.717) is 18.0 Å². The van der Waals surface area contributed by atoms with Crippen molar-refractivity contribution in [3.05, 3.63) is 42.0 Å². The molecule has 0 bridgehead atoms. The third-order valence-corrected chi connectivity index (χ3v) is 2.64. The van der Waals surface area contributed by atoms with Gasteiger partial charge in [0.2, 0.25) is 11.8 Å². The molecule has 0 aliphatic heterocycles. The number of hydrogen-bond acceptors (Lipinski definition) is 6. The molecule has 0 spiro atoms. The zero-order chi connectivity index (χ0) is 13.7. The summed E-state index contributed by atoms with van der Waals surface area (Å²) in [7, 11) is 2.97. The summed E-state index contributed by atoms with van der Waals surface area (Å²) in [6.07, 6.45) is 4.43. The zero-order valence-corrected chi connectivity index (χ0v) is 10.8. The van der Waals surface area contributed by atoms with E-state index in [1.54, 1.807) is 12.4 Å².